The van der Waals surface area contributed by atoms with Crippen LogP contribution < -0.4 is 5.56 Å². The van der Waals surface area contributed by atoms with E-state index in [0.717, 1.165) is 43.5 Å². The maximum absolute atomic E-state index is 11.7. The van der Waals surface area contributed by atoms with Crippen LogP contribution >= 0.6 is 0 Å². The van der Waals surface area contributed by atoms with E-state index in [1.54, 1.807) is 0 Å². The number of nitrogens with one attached hydrogen (secondary N) is 1. The summed E-state index contributed by atoms with van der Waals surface area (Å²) < 4.78 is 5.37. The summed E-state index contributed by atoms with van der Waals surface area (Å²) in [5.74, 6) is 2.15. The van der Waals surface area contributed by atoms with E-state index in [1.165, 1.54) is 6.07 Å². The lowest BCUT2D eigenvalue weighted by atomic mass is 9.97. The zero-order chi connectivity index (χ0) is 18.9. The molecule has 1 saturated heterocycles. The van der Waals surface area contributed by atoms with Gasteiger partial charge in [-0.3, -0.25) is 14.6 Å². The first kappa shape index (κ1) is 18.7. The first-order valence-electron chi connectivity index (χ1n) is 9.10. The van der Waals surface area contributed by atoms with E-state index in [2.05, 4.69) is 57.6 Å². The highest BCUT2D eigenvalue weighted by atomic mass is 16.5. The van der Waals surface area contributed by atoms with E-state index < -0.39 is 0 Å². The van der Waals surface area contributed by atoms with E-state index in [9.17, 15) is 4.79 Å². The van der Waals surface area contributed by atoms with Crippen LogP contribution in [0.15, 0.2) is 15.4 Å². The van der Waals surface area contributed by atoms with E-state index in [-0.39, 0.29) is 17.0 Å². The molecule has 2 aromatic heterocycles. The summed E-state index contributed by atoms with van der Waals surface area (Å²) in [5.41, 5.74) is 0.530. The average molecular weight is 360 g/mol. The van der Waals surface area contributed by atoms with Crippen LogP contribution in [0.3, 0.4) is 0 Å². The Bertz CT molecular complexity index is 798. The highest BCUT2D eigenvalue weighted by molar-refractivity contribution is 5.04. The van der Waals surface area contributed by atoms with Gasteiger partial charge in [0.15, 0.2) is 5.82 Å². The molecule has 1 N–H and O–H groups in total. The number of piperazine rings is 1. The number of hydrogen-bond donors (Lipinski definition) is 1. The second kappa shape index (κ2) is 7.28. The molecule has 0 aromatic carbocycles. The van der Waals surface area contributed by atoms with Crippen molar-refractivity contribution in [3.8, 4) is 0 Å². The molecule has 0 radical (unpaired) electrons. The quantitative estimate of drug-likeness (QED) is 0.886. The molecule has 3 heterocycles. The molecule has 0 bridgehead atoms. The fourth-order valence-corrected chi connectivity index (χ4v) is 3.10. The number of hydrogen-bond acceptors (Lipinski definition) is 7. The number of aromatic amines is 1. The number of aromatic nitrogens is 4. The molecule has 3 rings (SSSR count). The number of H-pyrrole nitrogens is 1. The average Bonchev–Trinajstić information content (AvgIpc) is 3.03. The van der Waals surface area contributed by atoms with Crippen LogP contribution in [0.25, 0.3) is 0 Å². The largest absolute Gasteiger partial charge is 0.339 e. The van der Waals surface area contributed by atoms with Crippen LogP contribution in [0, 0.1) is 6.92 Å². The Labute approximate surface area is 153 Å². The molecule has 1 fully saturated rings. The van der Waals surface area contributed by atoms with Crippen molar-refractivity contribution in [1.82, 2.24) is 29.9 Å². The molecule has 1 atom stereocenters. The number of rotatable bonds is 4. The van der Waals surface area contributed by atoms with Crippen molar-refractivity contribution in [3.63, 3.8) is 0 Å². The summed E-state index contributed by atoms with van der Waals surface area (Å²) >= 11 is 0. The van der Waals surface area contributed by atoms with Gasteiger partial charge >= 0.3 is 0 Å². The predicted molar refractivity (Wildman–Crippen MR) is 97.9 cm³/mol. The lowest BCUT2D eigenvalue weighted by Crippen LogP contribution is -2.47. The van der Waals surface area contributed by atoms with Crippen LogP contribution in [0.1, 0.15) is 57.0 Å². The maximum Gasteiger partial charge on any atom is 0.251 e. The summed E-state index contributed by atoms with van der Waals surface area (Å²) in [5, 5.41) is 4.11. The van der Waals surface area contributed by atoms with Crippen molar-refractivity contribution >= 4 is 0 Å². The Hall–Kier alpha value is -2.06. The molecule has 1 aliphatic heterocycles. The van der Waals surface area contributed by atoms with E-state index >= 15 is 0 Å². The SMILES string of the molecule is Cc1cc(=O)[nH]c(C(C)N2CCN(Cc3noc(C(C)(C)C)n3)CC2)n1. The molecule has 0 saturated carbocycles. The molecule has 142 valence electrons. The molecule has 0 aliphatic carbocycles. The monoisotopic (exact) mass is 360 g/mol. The Balaban J connectivity index is 1.57. The van der Waals surface area contributed by atoms with Gasteiger partial charge in [0.25, 0.3) is 5.56 Å². The van der Waals surface area contributed by atoms with Crippen LogP contribution in [-0.4, -0.2) is 56.1 Å². The lowest BCUT2D eigenvalue weighted by Gasteiger charge is -2.37. The second-order valence-corrected chi connectivity index (χ2v) is 8.03. The molecule has 0 amide bonds. The minimum Gasteiger partial charge on any atom is -0.339 e. The molecule has 2 aromatic rings. The Morgan fingerprint density at radius 3 is 2.50 bits per heavy atom. The predicted octanol–water partition coefficient (Wildman–Crippen LogP) is 1.64. The van der Waals surface area contributed by atoms with E-state index in [4.69, 9.17) is 4.52 Å². The van der Waals surface area contributed by atoms with Crippen LogP contribution in [0.4, 0.5) is 0 Å². The minimum atomic E-state index is -0.128. The standard InChI is InChI=1S/C18H28N6O2/c1-12-10-15(25)21-16(19-12)13(2)24-8-6-23(7-9-24)11-14-20-17(26-22-14)18(3,4)5/h10,13H,6-9,11H2,1-5H3,(H,19,21,25). The third kappa shape index (κ3) is 4.37. The molecular weight excluding hydrogens is 332 g/mol. The zero-order valence-electron chi connectivity index (χ0n) is 16.2. The Kier molecular flexibility index (Phi) is 5.24. The fourth-order valence-electron chi connectivity index (χ4n) is 3.10. The highest BCUT2D eigenvalue weighted by Gasteiger charge is 2.26. The topological polar surface area (TPSA) is 91.2 Å². The third-order valence-corrected chi connectivity index (χ3v) is 4.71. The van der Waals surface area contributed by atoms with Gasteiger partial charge in [0, 0.05) is 43.4 Å². The zero-order valence-corrected chi connectivity index (χ0v) is 16.2. The van der Waals surface area contributed by atoms with Gasteiger partial charge in [-0.2, -0.15) is 4.98 Å². The van der Waals surface area contributed by atoms with Crippen molar-refractivity contribution in [2.75, 3.05) is 26.2 Å². The molecule has 8 nitrogen and oxygen atoms in total. The summed E-state index contributed by atoms with van der Waals surface area (Å²) in [6, 6.07) is 1.60. The Morgan fingerprint density at radius 2 is 1.92 bits per heavy atom. The van der Waals surface area contributed by atoms with Crippen molar-refractivity contribution in [1.29, 1.82) is 0 Å². The van der Waals surface area contributed by atoms with Gasteiger partial charge in [0.2, 0.25) is 5.89 Å². The molecule has 0 spiro atoms. The van der Waals surface area contributed by atoms with Crippen LogP contribution in [0.2, 0.25) is 0 Å². The summed E-state index contributed by atoms with van der Waals surface area (Å²) in [6.45, 7) is 14.5. The summed E-state index contributed by atoms with van der Waals surface area (Å²) in [6.07, 6.45) is 0. The molecule has 1 unspecified atom stereocenters. The van der Waals surface area contributed by atoms with E-state index in [0.29, 0.717) is 12.4 Å². The smallest absolute Gasteiger partial charge is 0.251 e. The molecule has 8 heteroatoms. The first-order chi connectivity index (χ1) is 12.2. The van der Waals surface area contributed by atoms with Gasteiger partial charge < -0.3 is 9.51 Å². The number of aryl methyl sites for hydroxylation is 1. The molecular formula is C18H28N6O2. The fraction of sp³-hybridized carbons (Fsp3) is 0.667. The second-order valence-electron chi connectivity index (χ2n) is 8.03. The lowest BCUT2D eigenvalue weighted by molar-refractivity contribution is 0.0925. The summed E-state index contributed by atoms with van der Waals surface area (Å²) in [7, 11) is 0. The van der Waals surface area contributed by atoms with Crippen LogP contribution in [-0.2, 0) is 12.0 Å². The molecule has 1 aliphatic rings. The first-order valence-corrected chi connectivity index (χ1v) is 9.10. The van der Waals surface area contributed by atoms with Gasteiger partial charge in [-0.1, -0.05) is 25.9 Å². The maximum atomic E-state index is 11.7. The third-order valence-electron chi connectivity index (χ3n) is 4.71. The minimum absolute atomic E-state index is 0.0856. The van der Waals surface area contributed by atoms with Crippen LogP contribution in [0.5, 0.6) is 0 Å². The van der Waals surface area contributed by atoms with E-state index in [1.807, 2.05) is 6.92 Å². The van der Waals surface area contributed by atoms with Gasteiger partial charge in [0.05, 0.1) is 12.6 Å². The normalized spacial score (nSPS) is 18.2. The van der Waals surface area contributed by atoms with Gasteiger partial charge in [-0.25, -0.2) is 4.98 Å². The van der Waals surface area contributed by atoms with Gasteiger partial charge in [-0.05, 0) is 13.8 Å². The van der Waals surface area contributed by atoms with Crippen molar-refractivity contribution < 1.29 is 4.52 Å². The highest BCUT2D eigenvalue weighted by Crippen LogP contribution is 2.21. The van der Waals surface area contributed by atoms with Crippen molar-refractivity contribution in [3.05, 3.63) is 39.7 Å². The number of nitrogens with zero attached hydrogens (tertiary/aromatic N) is 5. The van der Waals surface area contributed by atoms with Gasteiger partial charge in [0.1, 0.15) is 5.82 Å². The van der Waals surface area contributed by atoms with Crippen molar-refractivity contribution in [2.24, 2.45) is 0 Å². The van der Waals surface area contributed by atoms with Crippen molar-refractivity contribution in [2.45, 2.75) is 52.6 Å². The van der Waals surface area contributed by atoms with Gasteiger partial charge in [-0.15, -0.1) is 0 Å². The molecule has 26 heavy (non-hydrogen) atoms. The Morgan fingerprint density at radius 1 is 1.23 bits per heavy atom. The summed E-state index contributed by atoms with van der Waals surface area (Å²) in [4.78, 5) is 28.2.